The smallest absolute Gasteiger partial charge is 0.244 e. The maximum absolute atomic E-state index is 5.54. The Bertz CT molecular complexity index is 824. The Kier molecular flexibility index (Phi) is 4.36. The van der Waals surface area contributed by atoms with Gasteiger partial charge in [-0.3, -0.25) is 4.90 Å². The van der Waals surface area contributed by atoms with Gasteiger partial charge in [-0.2, -0.15) is 10.1 Å². The fourth-order valence-corrected chi connectivity index (χ4v) is 3.37. The van der Waals surface area contributed by atoms with Crippen LogP contribution in [0.3, 0.4) is 0 Å². The Morgan fingerprint density at radius 3 is 2.96 bits per heavy atom. The monoisotopic (exact) mass is 337 g/mol. The van der Waals surface area contributed by atoms with E-state index in [1.54, 1.807) is 6.20 Å². The Labute approximate surface area is 147 Å². The van der Waals surface area contributed by atoms with Gasteiger partial charge < -0.3 is 4.52 Å². The molecule has 4 rings (SSSR count). The van der Waals surface area contributed by atoms with Crippen molar-refractivity contribution in [2.45, 2.75) is 45.2 Å². The predicted octanol–water partition coefficient (Wildman–Crippen LogP) is 3.72. The van der Waals surface area contributed by atoms with Crippen molar-refractivity contribution in [1.82, 2.24) is 24.8 Å². The van der Waals surface area contributed by atoms with Crippen molar-refractivity contribution in [1.29, 1.82) is 0 Å². The zero-order valence-corrected chi connectivity index (χ0v) is 14.7. The molecule has 0 unspecified atom stereocenters. The van der Waals surface area contributed by atoms with E-state index in [4.69, 9.17) is 4.52 Å². The van der Waals surface area contributed by atoms with E-state index in [1.165, 1.54) is 5.56 Å². The van der Waals surface area contributed by atoms with E-state index >= 15 is 0 Å². The number of benzene rings is 1. The van der Waals surface area contributed by atoms with Crippen LogP contribution in [0.15, 0.2) is 47.2 Å². The van der Waals surface area contributed by atoms with Gasteiger partial charge in [-0.1, -0.05) is 31.1 Å². The average Bonchev–Trinajstić information content (AvgIpc) is 3.36. The molecule has 0 amide bonds. The average molecular weight is 337 g/mol. The van der Waals surface area contributed by atoms with E-state index in [0.29, 0.717) is 0 Å². The molecule has 2 aromatic heterocycles. The van der Waals surface area contributed by atoms with E-state index < -0.39 is 0 Å². The fourth-order valence-electron chi connectivity index (χ4n) is 3.37. The highest BCUT2D eigenvalue weighted by molar-refractivity contribution is 5.35. The van der Waals surface area contributed by atoms with Crippen LogP contribution in [0.2, 0.25) is 0 Å². The minimum absolute atomic E-state index is 0.216. The Morgan fingerprint density at radius 1 is 1.28 bits per heavy atom. The van der Waals surface area contributed by atoms with Crippen LogP contribution in [-0.2, 0) is 6.54 Å². The minimum atomic E-state index is 0.216. The lowest BCUT2D eigenvalue weighted by Crippen LogP contribution is -2.23. The molecule has 3 heterocycles. The molecule has 0 N–H and O–H groups in total. The lowest BCUT2D eigenvalue weighted by atomic mass is 10.1. The van der Waals surface area contributed by atoms with Crippen LogP contribution in [0.25, 0.3) is 5.69 Å². The second-order valence-corrected chi connectivity index (χ2v) is 6.89. The summed E-state index contributed by atoms with van der Waals surface area (Å²) in [5.74, 6) is 1.84. The molecule has 1 atom stereocenters. The summed E-state index contributed by atoms with van der Waals surface area (Å²) in [5, 5.41) is 8.44. The summed E-state index contributed by atoms with van der Waals surface area (Å²) in [4.78, 5) is 7.04. The fraction of sp³-hybridized carbons (Fsp3) is 0.421. The van der Waals surface area contributed by atoms with Gasteiger partial charge >= 0.3 is 0 Å². The third-order valence-electron chi connectivity index (χ3n) is 4.69. The second kappa shape index (κ2) is 6.80. The van der Waals surface area contributed by atoms with Gasteiger partial charge in [0.2, 0.25) is 5.89 Å². The lowest BCUT2D eigenvalue weighted by Gasteiger charge is -2.21. The number of hydrogen-bond donors (Lipinski definition) is 0. The molecule has 1 aliphatic heterocycles. The van der Waals surface area contributed by atoms with E-state index in [2.05, 4.69) is 58.3 Å². The molecule has 0 saturated carbocycles. The summed E-state index contributed by atoms with van der Waals surface area (Å²) < 4.78 is 7.43. The van der Waals surface area contributed by atoms with Crippen molar-refractivity contribution >= 4 is 0 Å². The number of hydrogen-bond acceptors (Lipinski definition) is 5. The molecule has 25 heavy (non-hydrogen) atoms. The standard InChI is InChI=1S/C19H23N5O/c1-14(2)18-21-19(25-22-18)17-8-4-10-23(17)13-15-6-3-7-16(12-15)24-11-5-9-20-24/h3,5-7,9,11-12,14,17H,4,8,10,13H2,1-2H3/t17-/m0/s1. The van der Waals surface area contributed by atoms with Crippen molar-refractivity contribution in [3.05, 3.63) is 60.0 Å². The quantitative estimate of drug-likeness (QED) is 0.710. The number of rotatable bonds is 5. The SMILES string of the molecule is CC(C)c1noc([C@@H]2CCCN2Cc2cccc(-n3cccn3)c2)n1. The van der Waals surface area contributed by atoms with Crippen molar-refractivity contribution < 1.29 is 4.52 Å². The lowest BCUT2D eigenvalue weighted by molar-refractivity contribution is 0.201. The Hall–Kier alpha value is -2.47. The molecule has 1 aromatic carbocycles. The number of likely N-dealkylation sites (tertiary alicyclic amines) is 1. The van der Waals surface area contributed by atoms with Gasteiger partial charge in [0.1, 0.15) is 0 Å². The Balaban J connectivity index is 1.52. The molecule has 130 valence electrons. The van der Waals surface area contributed by atoms with Crippen LogP contribution in [-0.4, -0.2) is 31.4 Å². The maximum Gasteiger partial charge on any atom is 0.244 e. The van der Waals surface area contributed by atoms with Gasteiger partial charge in [-0.25, -0.2) is 4.68 Å². The number of aromatic nitrogens is 4. The highest BCUT2D eigenvalue weighted by Gasteiger charge is 2.31. The molecule has 1 aliphatic rings. The van der Waals surface area contributed by atoms with Gasteiger partial charge in [0.15, 0.2) is 5.82 Å². The molecular formula is C19H23N5O. The molecule has 0 bridgehead atoms. The molecule has 6 heteroatoms. The van der Waals surface area contributed by atoms with E-state index in [0.717, 1.165) is 43.3 Å². The highest BCUT2D eigenvalue weighted by Crippen LogP contribution is 2.32. The van der Waals surface area contributed by atoms with Gasteiger partial charge in [-0.15, -0.1) is 0 Å². The van der Waals surface area contributed by atoms with Crippen LogP contribution in [0, 0.1) is 0 Å². The van der Waals surface area contributed by atoms with Crippen LogP contribution in [0.4, 0.5) is 0 Å². The first-order valence-corrected chi connectivity index (χ1v) is 8.87. The first-order valence-electron chi connectivity index (χ1n) is 8.87. The summed E-state index contributed by atoms with van der Waals surface area (Å²) in [6.45, 7) is 6.10. The summed E-state index contributed by atoms with van der Waals surface area (Å²) in [6, 6.07) is 10.7. The predicted molar refractivity (Wildman–Crippen MR) is 94.3 cm³/mol. The molecule has 0 radical (unpaired) electrons. The van der Waals surface area contributed by atoms with Gasteiger partial charge in [0.05, 0.1) is 11.7 Å². The topological polar surface area (TPSA) is 60.0 Å². The highest BCUT2D eigenvalue weighted by atomic mass is 16.5. The normalized spacial score (nSPS) is 18.3. The van der Waals surface area contributed by atoms with Gasteiger partial charge in [0, 0.05) is 24.9 Å². The molecule has 3 aromatic rings. The van der Waals surface area contributed by atoms with Crippen LogP contribution in [0.1, 0.15) is 55.9 Å². The summed E-state index contributed by atoms with van der Waals surface area (Å²) >= 11 is 0. The largest absolute Gasteiger partial charge is 0.338 e. The summed E-state index contributed by atoms with van der Waals surface area (Å²) in [7, 11) is 0. The molecule has 1 fully saturated rings. The van der Waals surface area contributed by atoms with E-state index in [1.807, 2.05) is 16.9 Å². The number of nitrogens with zero attached hydrogens (tertiary/aromatic N) is 5. The second-order valence-electron chi connectivity index (χ2n) is 6.89. The van der Waals surface area contributed by atoms with Crippen molar-refractivity contribution in [3.8, 4) is 5.69 Å². The minimum Gasteiger partial charge on any atom is -0.338 e. The summed E-state index contributed by atoms with van der Waals surface area (Å²) in [5.41, 5.74) is 2.35. The first kappa shape index (κ1) is 16.0. The van der Waals surface area contributed by atoms with Crippen molar-refractivity contribution in [3.63, 3.8) is 0 Å². The summed E-state index contributed by atoms with van der Waals surface area (Å²) in [6.07, 6.45) is 5.98. The van der Waals surface area contributed by atoms with Crippen molar-refractivity contribution in [2.24, 2.45) is 0 Å². The molecule has 0 aliphatic carbocycles. The maximum atomic E-state index is 5.54. The third kappa shape index (κ3) is 3.35. The molecule has 0 spiro atoms. The first-order chi connectivity index (χ1) is 12.2. The van der Waals surface area contributed by atoms with E-state index in [9.17, 15) is 0 Å². The zero-order chi connectivity index (χ0) is 17.2. The molecule has 1 saturated heterocycles. The van der Waals surface area contributed by atoms with Crippen LogP contribution in [0.5, 0.6) is 0 Å². The van der Waals surface area contributed by atoms with Crippen molar-refractivity contribution in [2.75, 3.05) is 6.54 Å². The van der Waals surface area contributed by atoms with Gasteiger partial charge in [0.25, 0.3) is 0 Å². The van der Waals surface area contributed by atoms with Crippen LogP contribution < -0.4 is 0 Å². The molecular weight excluding hydrogens is 314 g/mol. The molecule has 6 nitrogen and oxygen atoms in total. The Morgan fingerprint density at radius 2 is 2.20 bits per heavy atom. The van der Waals surface area contributed by atoms with Crippen LogP contribution >= 0.6 is 0 Å². The van der Waals surface area contributed by atoms with Gasteiger partial charge in [-0.05, 0) is 43.1 Å². The third-order valence-corrected chi connectivity index (χ3v) is 4.69. The zero-order valence-electron chi connectivity index (χ0n) is 14.7. The van der Waals surface area contributed by atoms with E-state index in [-0.39, 0.29) is 12.0 Å².